The number of carboxylic acids is 1. The zero-order valence-electron chi connectivity index (χ0n) is 12.0. The summed E-state index contributed by atoms with van der Waals surface area (Å²) in [4.78, 5) is 38.0. The van der Waals surface area contributed by atoms with Gasteiger partial charge in [-0.15, -0.1) is 0 Å². The van der Waals surface area contributed by atoms with E-state index in [-0.39, 0.29) is 0 Å². The summed E-state index contributed by atoms with van der Waals surface area (Å²) in [5.41, 5.74) is 1.86. The fourth-order valence-electron chi connectivity index (χ4n) is 1.59. The minimum atomic E-state index is -1.36. The van der Waals surface area contributed by atoms with Crippen LogP contribution in [-0.4, -0.2) is 41.2 Å². The van der Waals surface area contributed by atoms with Crippen molar-refractivity contribution in [1.29, 1.82) is 0 Å². The van der Waals surface area contributed by atoms with Crippen molar-refractivity contribution in [2.45, 2.75) is 26.3 Å². The summed E-state index contributed by atoms with van der Waals surface area (Å²) in [5, 5.41) is 13.6. The third-order valence-corrected chi connectivity index (χ3v) is 2.68. The second-order valence-electron chi connectivity index (χ2n) is 4.36. The van der Waals surface area contributed by atoms with Crippen molar-refractivity contribution in [2.75, 3.05) is 12.4 Å². The summed E-state index contributed by atoms with van der Waals surface area (Å²) in [5.74, 6) is -2.05. The molecule has 0 unspecified atom stereocenters. The number of methoxy groups -OCH3 is 1. The molecule has 1 rings (SSSR count). The summed E-state index contributed by atoms with van der Waals surface area (Å²) < 4.78 is 4.38. The molecule has 1 atom stereocenters. The normalized spacial score (nSPS) is 11.4. The lowest BCUT2D eigenvalue weighted by molar-refractivity contribution is -0.147. The molecule has 1 aromatic heterocycles. The highest BCUT2D eigenvalue weighted by molar-refractivity contribution is 5.93. The van der Waals surface area contributed by atoms with E-state index in [1.165, 1.54) is 0 Å². The molecule has 1 aromatic rings. The van der Waals surface area contributed by atoms with E-state index in [2.05, 4.69) is 20.4 Å². The average molecular weight is 295 g/mol. The average Bonchev–Trinajstić information content (AvgIpc) is 2.40. The van der Waals surface area contributed by atoms with Crippen molar-refractivity contribution >= 4 is 23.7 Å². The minimum absolute atomic E-state index is 0.454. The first-order valence-corrected chi connectivity index (χ1v) is 6.15. The zero-order valence-corrected chi connectivity index (χ0v) is 12.0. The van der Waals surface area contributed by atoms with Crippen molar-refractivity contribution in [3.63, 3.8) is 0 Å². The molecule has 3 N–H and O–H groups in total. The summed E-state index contributed by atoms with van der Waals surface area (Å²) in [6.45, 7) is 3.53. The number of anilines is 1. The van der Waals surface area contributed by atoms with Crippen molar-refractivity contribution < 1.29 is 24.2 Å². The van der Waals surface area contributed by atoms with Gasteiger partial charge < -0.3 is 20.5 Å². The Bertz CT molecular complexity index is 559. The Kier molecular flexibility index (Phi) is 5.65. The van der Waals surface area contributed by atoms with E-state index in [0.717, 1.165) is 12.8 Å². The van der Waals surface area contributed by atoms with Crippen LogP contribution in [0.1, 0.15) is 17.8 Å². The van der Waals surface area contributed by atoms with Crippen LogP contribution >= 0.6 is 0 Å². The van der Waals surface area contributed by atoms with Gasteiger partial charge in [-0.2, -0.15) is 0 Å². The Morgan fingerprint density at radius 3 is 2.52 bits per heavy atom. The topological polar surface area (TPSA) is 118 Å². The van der Waals surface area contributed by atoms with Crippen LogP contribution in [0.4, 0.5) is 10.5 Å². The van der Waals surface area contributed by atoms with Crippen LogP contribution in [0, 0.1) is 13.8 Å². The molecule has 0 saturated carbocycles. The summed E-state index contributed by atoms with van der Waals surface area (Å²) in [6, 6.07) is 1.27. The molecule has 21 heavy (non-hydrogen) atoms. The lowest BCUT2D eigenvalue weighted by atomic mass is 10.2. The summed E-state index contributed by atoms with van der Waals surface area (Å²) in [7, 11) is 1.14. The fraction of sp³-hybridized carbons (Fsp3) is 0.385. The second kappa shape index (κ2) is 7.22. The van der Waals surface area contributed by atoms with E-state index in [0.29, 0.717) is 11.4 Å². The van der Waals surface area contributed by atoms with Gasteiger partial charge in [-0.1, -0.05) is 0 Å². The molecule has 0 fully saturated rings. The number of urea groups is 1. The van der Waals surface area contributed by atoms with Crippen molar-refractivity contribution in [1.82, 2.24) is 10.3 Å². The molecule has 1 heterocycles. The zero-order chi connectivity index (χ0) is 16.0. The number of esters is 1. The standard InChI is InChI=1S/C13H17N3O5/c1-7-4-5-9(8(2)14-7)15-13(20)16-10(12(18)19)6-11(17)21-3/h4-5,10H,6H2,1-3H3,(H,18,19)(H2,15,16,20)/t10-/m0/s1. The molecule has 114 valence electrons. The van der Waals surface area contributed by atoms with Crippen LogP contribution in [0.5, 0.6) is 0 Å². The Balaban J connectivity index is 2.69. The number of aromatic nitrogens is 1. The van der Waals surface area contributed by atoms with Gasteiger partial charge in [-0.3, -0.25) is 9.78 Å². The van der Waals surface area contributed by atoms with E-state index in [1.807, 2.05) is 6.92 Å². The SMILES string of the molecule is COC(=O)C[C@H](NC(=O)Nc1ccc(C)nc1C)C(=O)O. The van der Waals surface area contributed by atoms with E-state index >= 15 is 0 Å². The predicted molar refractivity (Wildman–Crippen MR) is 73.9 cm³/mol. The highest BCUT2D eigenvalue weighted by Gasteiger charge is 2.23. The maximum atomic E-state index is 11.8. The van der Waals surface area contributed by atoms with Crippen LogP contribution in [0.25, 0.3) is 0 Å². The molecule has 0 aliphatic rings. The van der Waals surface area contributed by atoms with Gasteiger partial charge in [-0.25, -0.2) is 9.59 Å². The molecule has 0 saturated heterocycles. The maximum Gasteiger partial charge on any atom is 0.326 e. The third-order valence-electron chi connectivity index (χ3n) is 2.68. The number of ether oxygens (including phenoxy) is 1. The molecular formula is C13H17N3O5. The minimum Gasteiger partial charge on any atom is -0.480 e. The maximum absolute atomic E-state index is 11.8. The number of hydrogen-bond donors (Lipinski definition) is 3. The Labute approximate surface area is 121 Å². The molecule has 8 nitrogen and oxygen atoms in total. The molecule has 0 aromatic carbocycles. The van der Waals surface area contributed by atoms with Gasteiger partial charge in [0.2, 0.25) is 0 Å². The number of aliphatic carboxylic acids is 1. The van der Waals surface area contributed by atoms with Crippen molar-refractivity contribution in [2.24, 2.45) is 0 Å². The van der Waals surface area contributed by atoms with Gasteiger partial charge in [0.05, 0.1) is 24.9 Å². The number of rotatable bonds is 5. The molecule has 8 heteroatoms. The molecular weight excluding hydrogens is 278 g/mol. The predicted octanol–water partition coefficient (Wildman–Crippen LogP) is 0.836. The Hall–Kier alpha value is -2.64. The number of aryl methyl sites for hydroxylation is 2. The number of hydrogen-bond acceptors (Lipinski definition) is 5. The van der Waals surface area contributed by atoms with Crippen molar-refractivity contribution in [3.05, 3.63) is 23.5 Å². The van der Waals surface area contributed by atoms with Gasteiger partial charge in [0.15, 0.2) is 0 Å². The highest BCUT2D eigenvalue weighted by Crippen LogP contribution is 2.12. The lowest BCUT2D eigenvalue weighted by Gasteiger charge is -2.15. The largest absolute Gasteiger partial charge is 0.480 e. The van der Waals surface area contributed by atoms with Crippen LogP contribution in [0.2, 0.25) is 0 Å². The number of carbonyl (C=O) groups excluding carboxylic acids is 2. The number of carbonyl (C=O) groups is 3. The lowest BCUT2D eigenvalue weighted by Crippen LogP contribution is -2.44. The van der Waals surface area contributed by atoms with Crippen LogP contribution in [0.3, 0.4) is 0 Å². The van der Waals surface area contributed by atoms with Gasteiger partial charge >= 0.3 is 18.0 Å². The van der Waals surface area contributed by atoms with Gasteiger partial charge in [0, 0.05) is 5.69 Å². The molecule has 0 spiro atoms. The van der Waals surface area contributed by atoms with Crippen LogP contribution < -0.4 is 10.6 Å². The number of nitrogens with one attached hydrogen (secondary N) is 2. The fourth-order valence-corrected chi connectivity index (χ4v) is 1.59. The highest BCUT2D eigenvalue weighted by atomic mass is 16.5. The van der Waals surface area contributed by atoms with E-state index in [1.54, 1.807) is 19.1 Å². The van der Waals surface area contributed by atoms with E-state index < -0.39 is 30.4 Å². The van der Waals surface area contributed by atoms with Gasteiger partial charge in [0.25, 0.3) is 0 Å². The summed E-state index contributed by atoms with van der Waals surface area (Å²) >= 11 is 0. The number of amides is 2. The van der Waals surface area contributed by atoms with Gasteiger partial charge in [0.1, 0.15) is 6.04 Å². The first-order chi connectivity index (χ1) is 9.83. The molecule has 0 radical (unpaired) electrons. The molecule has 0 aliphatic heterocycles. The van der Waals surface area contributed by atoms with Crippen LogP contribution in [0.15, 0.2) is 12.1 Å². The first kappa shape index (κ1) is 16.4. The second-order valence-corrected chi connectivity index (χ2v) is 4.36. The van der Waals surface area contributed by atoms with Gasteiger partial charge in [-0.05, 0) is 26.0 Å². The smallest absolute Gasteiger partial charge is 0.326 e. The van der Waals surface area contributed by atoms with Crippen LogP contribution in [-0.2, 0) is 14.3 Å². The van der Waals surface area contributed by atoms with Crippen molar-refractivity contribution in [3.8, 4) is 0 Å². The number of pyridine rings is 1. The first-order valence-electron chi connectivity index (χ1n) is 6.15. The quantitative estimate of drug-likeness (QED) is 0.693. The molecule has 0 aliphatic carbocycles. The summed E-state index contributed by atoms with van der Waals surface area (Å²) in [6.07, 6.45) is -0.454. The molecule has 2 amide bonds. The van der Waals surface area contributed by atoms with E-state index in [9.17, 15) is 14.4 Å². The number of nitrogens with zero attached hydrogens (tertiary/aromatic N) is 1. The van der Waals surface area contributed by atoms with E-state index in [4.69, 9.17) is 5.11 Å². The third kappa shape index (κ3) is 5.09. The molecule has 0 bridgehead atoms. The number of carboxylic acid groups (broad SMARTS) is 1. The Morgan fingerprint density at radius 2 is 2.00 bits per heavy atom. The Morgan fingerprint density at radius 1 is 1.33 bits per heavy atom. The monoisotopic (exact) mass is 295 g/mol.